The van der Waals surface area contributed by atoms with E-state index in [1.807, 2.05) is 33.8 Å². The first-order valence-electron chi connectivity index (χ1n) is 13.8. The summed E-state index contributed by atoms with van der Waals surface area (Å²) in [5, 5.41) is 2.92. The lowest BCUT2D eigenvalue weighted by atomic mass is 10.1. The molecule has 0 aliphatic rings. The number of rotatable bonds is 12. The standard InChI is InChI=1S/C32H41N3O7S/c1-22-12-15-27(16-13-22)43(38,39)35(28-19-26(41-7)14-17-29(28)42-8)21-30(36)34(23(2)31(37)33-32(3,4)5)20-24-10-9-11-25(18-24)40-6/h9-19,23H,20-21H2,1-8H3,(H,33,37)/t23-/m0/s1. The number of hydrogen-bond acceptors (Lipinski definition) is 7. The molecule has 0 aliphatic carbocycles. The van der Waals surface area contributed by atoms with Gasteiger partial charge in [0, 0.05) is 18.2 Å². The van der Waals surface area contributed by atoms with Gasteiger partial charge in [-0.05, 0) is 76.6 Å². The molecule has 0 aliphatic heterocycles. The summed E-state index contributed by atoms with van der Waals surface area (Å²) in [4.78, 5) is 28.9. The van der Waals surface area contributed by atoms with Crippen LogP contribution in [0.25, 0.3) is 0 Å². The van der Waals surface area contributed by atoms with Crippen LogP contribution < -0.4 is 23.8 Å². The van der Waals surface area contributed by atoms with E-state index >= 15 is 0 Å². The van der Waals surface area contributed by atoms with E-state index < -0.39 is 34.1 Å². The number of sulfonamides is 1. The second kappa shape index (κ2) is 13.8. The Morgan fingerprint density at radius 2 is 1.51 bits per heavy atom. The van der Waals surface area contributed by atoms with E-state index in [9.17, 15) is 18.0 Å². The number of aryl methyl sites for hydroxylation is 1. The highest BCUT2D eigenvalue weighted by Gasteiger charge is 2.34. The molecule has 0 fully saturated rings. The Hall–Kier alpha value is -4.25. The fraction of sp³-hybridized carbons (Fsp3) is 0.375. The summed E-state index contributed by atoms with van der Waals surface area (Å²) < 4.78 is 45.6. The predicted molar refractivity (Wildman–Crippen MR) is 166 cm³/mol. The maximum absolute atomic E-state index is 14.2. The Morgan fingerprint density at radius 3 is 2.09 bits per heavy atom. The van der Waals surface area contributed by atoms with Gasteiger partial charge in [-0.1, -0.05) is 29.8 Å². The Kier molecular flexibility index (Phi) is 10.7. The molecular formula is C32H41N3O7S. The molecule has 232 valence electrons. The summed E-state index contributed by atoms with van der Waals surface area (Å²) in [7, 11) is 0.127. The zero-order valence-electron chi connectivity index (χ0n) is 26.0. The highest BCUT2D eigenvalue weighted by atomic mass is 32.2. The van der Waals surface area contributed by atoms with Crippen LogP contribution in [0.4, 0.5) is 5.69 Å². The number of carbonyl (C=O) groups is 2. The summed E-state index contributed by atoms with van der Waals surface area (Å²) >= 11 is 0. The highest BCUT2D eigenvalue weighted by Crippen LogP contribution is 2.36. The van der Waals surface area contributed by atoms with Crippen molar-refractivity contribution in [3.8, 4) is 17.2 Å². The van der Waals surface area contributed by atoms with E-state index in [1.165, 1.54) is 44.4 Å². The third-order valence-electron chi connectivity index (χ3n) is 6.70. The Bertz CT molecular complexity index is 1530. The van der Waals surface area contributed by atoms with Crippen molar-refractivity contribution in [2.24, 2.45) is 0 Å². The molecular weight excluding hydrogens is 570 g/mol. The van der Waals surface area contributed by atoms with Crippen molar-refractivity contribution < 1.29 is 32.2 Å². The van der Waals surface area contributed by atoms with Crippen LogP contribution in [0.15, 0.2) is 71.6 Å². The summed E-state index contributed by atoms with van der Waals surface area (Å²) in [6.45, 7) is 8.41. The average Bonchev–Trinajstić information content (AvgIpc) is 2.97. The smallest absolute Gasteiger partial charge is 0.264 e. The molecule has 11 heteroatoms. The maximum Gasteiger partial charge on any atom is 0.264 e. The molecule has 10 nitrogen and oxygen atoms in total. The van der Waals surface area contributed by atoms with Crippen molar-refractivity contribution in [2.45, 2.75) is 57.6 Å². The van der Waals surface area contributed by atoms with Crippen molar-refractivity contribution in [3.05, 3.63) is 77.9 Å². The molecule has 0 bridgehead atoms. The van der Waals surface area contributed by atoms with E-state index in [4.69, 9.17) is 14.2 Å². The van der Waals surface area contributed by atoms with Crippen LogP contribution in [0.1, 0.15) is 38.8 Å². The lowest BCUT2D eigenvalue weighted by molar-refractivity contribution is -0.140. The topological polar surface area (TPSA) is 114 Å². The molecule has 0 heterocycles. The number of methoxy groups -OCH3 is 3. The average molecular weight is 612 g/mol. The summed E-state index contributed by atoms with van der Waals surface area (Å²) in [5.41, 5.74) is 1.15. The van der Waals surface area contributed by atoms with Gasteiger partial charge in [0.05, 0.1) is 31.9 Å². The number of amides is 2. The molecule has 0 spiro atoms. The van der Waals surface area contributed by atoms with Gasteiger partial charge in [-0.3, -0.25) is 13.9 Å². The summed E-state index contributed by atoms with van der Waals surface area (Å²) in [5.74, 6) is 0.206. The predicted octanol–water partition coefficient (Wildman–Crippen LogP) is 4.55. The number of anilines is 1. The Balaban J connectivity index is 2.14. The van der Waals surface area contributed by atoms with Crippen LogP contribution in [0, 0.1) is 6.92 Å². The van der Waals surface area contributed by atoms with Crippen LogP contribution in [0.3, 0.4) is 0 Å². The first-order valence-corrected chi connectivity index (χ1v) is 15.2. The first-order chi connectivity index (χ1) is 20.2. The zero-order valence-corrected chi connectivity index (χ0v) is 26.8. The molecule has 1 atom stereocenters. The molecule has 0 radical (unpaired) electrons. The number of carbonyl (C=O) groups excluding carboxylic acids is 2. The minimum atomic E-state index is -4.29. The SMILES string of the molecule is COc1cccc(CN(C(=O)CN(c2cc(OC)ccc2OC)S(=O)(=O)c2ccc(C)cc2)[C@@H](C)C(=O)NC(C)(C)C)c1. The lowest BCUT2D eigenvalue weighted by Gasteiger charge is -2.34. The normalized spacial score (nSPS) is 12.2. The third kappa shape index (κ3) is 8.41. The van der Waals surface area contributed by atoms with Crippen molar-refractivity contribution in [2.75, 3.05) is 32.2 Å². The van der Waals surface area contributed by atoms with E-state index in [0.29, 0.717) is 17.1 Å². The minimum absolute atomic E-state index is 0.00589. The van der Waals surface area contributed by atoms with Gasteiger partial charge < -0.3 is 24.4 Å². The molecule has 0 unspecified atom stereocenters. The van der Waals surface area contributed by atoms with Gasteiger partial charge in [0.2, 0.25) is 11.8 Å². The quantitative estimate of drug-likeness (QED) is 0.320. The highest BCUT2D eigenvalue weighted by molar-refractivity contribution is 7.92. The summed E-state index contributed by atoms with van der Waals surface area (Å²) in [6, 6.07) is 17.2. The fourth-order valence-corrected chi connectivity index (χ4v) is 5.78. The van der Waals surface area contributed by atoms with Gasteiger partial charge >= 0.3 is 0 Å². The van der Waals surface area contributed by atoms with Crippen LogP contribution >= 0.6 is 0 Å². The number of ether oxygens (including phenoxy) is 3. The van der Waals surface area contributed by atoms with E-state index in [0.717, 1.165) is 9.87 Å². The number of nitrogens with zero attached hydrogens (tertiary/aromatic N) is 2. The molecule has 2 amide bonds. The van der Waals surface area contributed by atoms with Crippen LogP contribution in [-0.4, -0.2) is 64.6 Å². The van der Waals surface area contributed by atoms with Gasteiger partial charge in [0.15, 0.2) is 0 Å². The molecule has 0 aromatic heterocycles. The van der Waals surface area contributed by atoms with E-state index in [1.54, 1.807) is 49.4 Å². The summed E-state index contributed by atoms with van der Waals surface area (Å²) in [6.07, 6.45) is 0. The number of hydrogen-bond donors (Lipinski definition) is 1. The lowest BCUT2D eigenvalue weighted by Crippen LogP contribution is -2.54. The molecule has 3 aromatic rings. The second-order valence-corrected chi connectivity index (χ2v) is 13.0. The van der Waals surface area contributed by atoms with Gasteiger partial charge in [0.1, 0.15) is 29.8 Å². The number of benzene rings is 3. The molecule has 43 heavy (non-hydrogen) atoms. The molecule has 1 N–H and O–H groups in total. The van der Waals surface area contributed by atoms with Crippen molar-refractivity contribution in [1.82, 2.24) is 10.2 Å². The molecule has 0 saturated heterocycles. The molecule has 3 rings (SSSR count). The van der Waals surface area contributed by atoms with E-state index in [2.05, 4.69) is 5.32 Å². The minimum Gasteiger partial charge on any atom is -0.497 e. The second-order valence-electron chi connectivity index (χ2n) is 11.2. The van der Waals surface area contributed by atoms with Crippen molar-refractivity contribution in [3.63, 3.8) is 0 Å². The van der Waals surface area contributed by atoms with Crippen LogP contribution in [0.2, 0.25) is 0 Å². The monoisotopic (exact) mass is 611 g/mol. The van der Waals surface area contributed by atoms with Crippen LogP contribution in [-0.2, 0) is 26.2 Å². The maximum atomic E-state index is 14.2. The largest absolute Gasteiger partial charge is 0.497 e. The molecule has 3 aromatic carbocycles. The zero-order chi connectivity index (χ0) is 31.9. The number of nitrogens with one attached hydrogen (secondary N) is 1. The van der Waals surface area contributed by atoms with Gasteiger partial charge in [-0.2, -0.15) is 0 Å². The van der Waals surface area contributed by atoms with E-state index in [-0.39, 0.29) is 28.8 Å². The van der Waals surface area contributed by atoms with Crippen molar-refractivity contribution in [1.29, 1.82) is 0 Å². The third-order valence-corrected chi connectivity index (χ3v) is 8.47. The van der Waals surface area contributed by atoms with Crippen LogP contribution in [0.5, 0.6) is 17.2 Å². The van der Waals surface area contributed by atoms with Gasteiger partial charge in [-0.25, -0.2) is 8.42 Å². The van der Waals surface area contributed by atoms with Gasteiger partial charge in [0.25, 0.3) is 10.0 Å². The fourth-order valence-electron chi connectivity index (χ4n) is 4.37. The first kappa shape index (κ1) is 33.3. The van der Waals surface area contributed by atoms with Crippen molar-refractivity contribution >= 4 is 27.5 Å². The Labute approximate surface area is 254 Å². The molecule has 0 saturated carbocycles. The van der Waals surface area contributed by atoms with Gasteiger partial charge in [-0.15, -0.1) is 0 Å². The Morgan fingerprint density at radius 1 is 0.884 bits per heavy atom.